The standard InChI is InChI=1S/C23H28N2O8S/c1-30-20-18(25-22(27)16-12-8-5-9-13-16)23(31-2)32-19(20)17(33-34(3,28)29)14-24-21(26)15-10-6-4-7-11-15/h4-13,17-20,23H,14H2,1-3H3,(H,24,26)(H,25,27). The third kappa shape index (κ3) is 6.61. The third-order valence-electron chi connectivity index (χ3n) is 5.27. The van der Waals surface area contributed by atoms with Crippen molar-refractivity contribution in [3.63, 3.8) is 0 Å². The minimum Gasteiger partial charge on any atom is -0.376 e. The predicted molar refractivity (Wildman–Crippen MR) is 123 cm³/mol. The van der Waals surface area contributed by atoms with Crippen molar-refractivity contribution in [1.29, 1.82) is 0 Å². The van der Waals surface area contributed by atoms with E-state index in [2.05, 4.69) is 10.6 Å². The van der Waals surface area contributed by atoms with Gasteiger partial charge in [-0.15, -0.1) is 0 Å². The fourth-order valence-corrected chi connectivity index (χ4v) is 4.37. The summed E-state index contributed by atoms with van der Waals surface area (Å²) in [6.07, 6.45) is -3.01. The predicted octanol–water partition coefficient (Wildman–Crippen LogP) is 0.946. The van der Waals surface area contributed by atoms with Gasteiger partial charge in [0.15, 0.2) is 6.29 Å². The molecule has 1 aliphatic rings. The SMILES string of the molecule is COC1OC(C(CNC(=O)c2ccccc2)OS(C)(=O)=O)C(OC)C1NC(=O)c1ccccc1. The number of nitrogens with one attached hydrogen (secondary N) is 2. The first-order valence-corrected chi connectivity index (χ1v) is 12.3. The zero-order chi connectivity index (χ0) is 24.7. The van der Waals surface area contributed by atoms with E-state index in [1.807, 2.05) is 0 Å². The number of benzene rings is 2. The Hall–Kier alpha value is -2.83. The second-order valence-corrected chi connectivity index (χ2v) is 9.29. The van der Waals surface area contributed by atoms with Crippen LogP contribution in [0.3, 0.4) is 0 Å². The molecule has 184 valence electrons. The lowest BCUT2D eigenvalue weighted by Gasteiger charge is -2.27. The molecule has 1 heterocycles. The Kier molecular flexibility index (Phi) is 8.75. The number of hydrogen-bond donors (Lipinski definition) is 2. The van der Waals surface area contributed by atoms with Crippen molar-refractivity contribution in [2.24, 2.45) is 0 Å². The van der Waals surface area contributed by atoms with Gasteiger partial charge in [-0.2, -0.15) is 8.42 Å². The minimum absolute atomic E-state index is 0.193. The summed E-state index contributed by atoms with van der Waals surface area (Å²) in [5.41, 5.74) is 0.828. The molecular formula is C23H28N2O8S. The molecule has 1 fully saturated rings. The van der Waals surface area contributed by atoms with Crippen molar-refractivity contribution >= 4 is 21.9 Å². The van der Waals surface area contributed by atoms with Crippen LogP contribution in [0.4, 0.5) is 0 Å². The largest absolute Gasteiger partial charge is 0.376 e. The maximum atomic E-state index is 12.7. The number of carbonyl (C=O) groups excluding carboxylic acids is 2. The van der Waals surface area contributed by atoms with Gasteiger partial charge in [-0.1, -0.05) is 36.4 Å². The van der Waals surface area contributed by atoms with Crippen LogP contribution in [0.1, 0.15) is 20.7 Å². The quantitative estimate of drug-likeness (QED) is 0.469. The molecule has 0 aromatic heterocycles. The topological polar surface area (TPSA) is 129 Å². The number of amides is 2. The highest BCUT2D eigenvalue weighted by atomic mass is 32.2. The van der Waals surface area contributed by atoms with Crippen LogP contribution in [0.2, 0.25) is 0 Å². The van der Waals surface area contributed by atoms with E-state index in [9.17, 15) is 18.0 Å². The first-order chi connectivity index (χ1) is 16.2. The van der Waals surface area contributed by atoms with E-state index in [-0.39, 0.29) is 12.5 Å². The fraction of sp³-hybridized carbons (Fsp3) is 0.391. The van der Waals surface area contributed by atoms with E-state index in [0.717, 1.165) is 6.26 Å². The van der Waals surface area contributed by atoms with Gasteiger partial charge in [0.1, 0.15) is 24.4 Å². The molecule has 0 radical (unpaired) electrons. The highest BCUT2D eigenvalue weighted by Crippen LogP contribution is 2.28. The Labute approximate surface area is 198 Å². The minimum atomic E-state index is -3.93. The van der Waals surface area contributed by atoms with Crippen LogP contribution in [-0.4, -0.2) is 77.9 Å². The maximum Gasteiger partial charge on any atom is 0.264 e. The fourth-order valence-electron chi connectivity index (χ4n) is 3.75. The van der Waals surface area contributed by atoms with Crippen LogP contribution in [-0.2, 0) is 28.5 Å². The van der Waals surface area contributed by atoms with Gasteiger partial charge < -0.3 is 24.8 Å². The highest BCUT2D eigenvalue weighted by Gasteiger charge is 2.50. The molecular weight excluding hydrogens is 464 g/mol. The lowest BCUT2D eigenvalue weighted by atomic mass is 10.0. The van der Waals surface area contributed by atoms with Gasteiger partial charge >= 0.3 is 0 Å². The molecule has 0 aliphatic carbocycles. The molecule has 2 aromatic carbocycles. The lowest BCUT2D eigenvalue weighted by Crippen LogP contribution is -2.52. The maximum absolute atomic E-state index is 12.7. The summed E-state index contributed by atoms with van der Waals surface area (Å²) in [6, 6.07) is 16.2. The Morgan fingerprint density at radius 2 is 1.50 bits per heavy atom. The van der Waals surface area contributed by atoms with Crippen molar-refractivity contribution in [2.45, 2.75) is 30.6 Å². The smallest absolute Gasteiger partial charge is 0.264 e. The van der Waals surface area contributed by atoms with Crippen molar-refractivity contribution in [3.8, 4) is 0 Å². The zero-order valence-corrected chi connectivity index (χ0v) is 19.9. The number of methoxy groups -OCH3 is 2. The molecule has 0 bridgehead atoms. The van der Waals surface area contributed by atoms with Crippen molar-refractivity contribution in [1.82, 2.24) is 10.6 Å². The first-order valence-electron chi connectivity index (χ1n) is 10.5. The Bertz CT molecular complexity index is 1060. The summed E-state index contributed by atoms with van der Waals surface area (Å²) >= 11 is 0. The number of carbonyl (C=O) groups is 2. The number of rotatable bonds is 10. The molecule has 2 N–H and O–H groups in total. The van der Waals surface area contributed by atoms with Gasteiger partial charge in [-0.05, 0) is 24.3 Å². The molecule has 1 saturated heterocycles. The molecule has 0 saturated carbocycles. The first kappa shape index (κ1) is 25.8. The van der Waals surface area contributed by atoms with E-state index in [1.54, 1.807) is 60.7 Å². The van der Waals surface area contributed by atoms with Crippen LogP contribution >= 0.6 is 0 Å². The van der Waals surface area contributed by atoms with Gasteiger partial charge in [-0.25, -0.2) is 0 Å². The average Bonchev–Trinajstić information content (AvgIpc) is 3.19. The van der Waals surface area contributed by atoms with Crippen LogP contribution < -0.4 is 10.6 Å². The molecule has 2 aromatic rings. The molecule has 1 aliphatic heterocycles. The summed E-state index contributed by atoms with van der Waals surface area (Å²) in [6.45, 7) is -0.193. The Morgan fingerprint density at radius 3 is 2.00 bits per heavy atom. The molecule has 5 atom stereocenters. The summed E-state index contributed by atoms with van der Waals surface area (Å²) in [5, 5.41) is 5.49. The molecule has 34 heavy (non-hydrogen) atoms. The van der Waals surface area contributed by atoms with Crippen molar-refractivity contribution in [2.75, 3.05) is 27.0 Å². The Morgan fingerprint density at radius 1 is 0.941 bits per heavy atom. The number of hydrogen-bond acceptors (Lipinski definition) is 8. The highest BCUT2D eigenvalue weighted by molar-refractivity contribution is 7.86. The summed E-state index contributed by atoms with van der Waals surface area (Å²) in [4.78, 5) is 25.2. The summed E-state index contributed by atoms with van der Waals surface area (Å²) in [7, 11) is -1.13. The van der Waals surface area contributed by atoms with Gasteiger partial charge in [0.2, 0.25) is 0 Å². The second-order valence-electron chi connectivity index (χ2n) is 7.69. The molecule has 11 heteroatoms. The average molecular weight is 493 g/mol. The Balaban J connectivity index is 1.79. The van der Waals surface area contributed by atoms with Crippen LogP contribution in [0.5, 0.6) is 0 Å². The van der Waals surface area contributed by atoms with E-state index in [0.29, 0.717) is 11.1 Å². The van der Waals surface area contributed by atoms with Gasteiger partial charge in [-0.3, -0.25) is 13.8 Å². The monoisotopic (exact) mass is 492 g/mol. The molecule has 5 unspecified atom stereocenters. The lowest BCUT2D eigenvalue weighted by molar-refractivity contribution is -0.144. The second kappa shape index (κ2) is 11.5. The molecule has 3 rings (SSSR count). The molecule has 10 nitrogen and oxygen atoms in total. The van der Waals surface area contributed by atoms with Gasteiger partial charge in [0.05, 0.1) is 6.26 Å². The summed E-state index contributed by atoms with van der Waals surface area (Å²) in [5.74, 6) is -0.788. The van der Waals surface area contributed by atoms with E-state index in [4.69, 9.17) is 18.4 Å². The normalized spacial score (nSPS) is 23.3. The van der Waals surface area contributed by atoms with E-state index >= 15 is 0 Å². The van der Waals surface area contributed by atoms with Crippen LogP contribution in [0, 0.1) is 0 Å². The van der Waals surface area contributed by atoms with Gasteiger partial charge in [0, 0.05) is 31.9 Å². The summed E-state index contributed by atoms with van der Waals surface area (Å²) < 4.78 is 46.1. The molecule has 0 spiro atoms. The van der Waals surface area contributed by atoms with E-state index in [1.165, 1.54) is 14.2 Å². The van der Waals surface area contributed by atoms with E-state index < -0.39 is 46.7 Å². The number of ether oxygens (including phenoxy) is 3. The third-order valence-corrected chi connectivity index (χ3v) is 5.86. The van der Waals surface area contributed by atoms with Crippen LogP contribution in [0.25, 0.3) is 0 Å². The van der Waals surface area contributed by atoms with Crippen molar-refractivity contribution < 1.29 is 36.4 Å². The molecule has 2 amide bonds. The van der Waals surface area contributed by atoms with Crippen LogP contribution in [0.15, 0.2) is 60.7 Å². The zero-order valence-electron chi connectivity index (χ0n) is 19.0. The van der Waals surface area contributed by atoms with Gasteiger partial charge in [0.25, 0.3) is 21.9 Å². The van der Waals surface area contributed by atoms with Crippen molar-refractivity contribution in [3.05, 3.63) is 71.8 Å².